The normalized spacial score (nSPS) is 15.5. The van der Waals surface area contributed by atoms with Crippen LogP contribution in [0.25, 0.3) is 5.69 Å². The quantitative estimate of drug-likeness (QED) is 0.531. The summed E-state index contributed by atoms with van der Waals surface area (Å²) >= 11 is 5.84. The van der Waals surface area contributed by atoms with Crippen molar-refractivity contribution in [3.63, 3.8) is 0 Å². The molecule has 1 aliphatic heterocycles. The number of halogens is 1. The maximum atomic E-state index is 12.6. The molecule has 172 valence electrons. The number of nitrogens with zero attached hydrogens (tertiary/aromatic N) is 5. The number of carbonyl (C=O) groups is 1. The largest absolute Gasteiger partial charge is 0.487 e. The Hall–Kier alpha value is -3.39. The fourth-order valence-corrected chi connectivity index (χ4v) is 3.94. The molecule has 3 aromatic heterocycles. The predicted octanol–water partition coefficient (Wildman–Crippen LogP) is 3.16. The molecule has 4 rings (SSSR count). The molecule has 0 bridgehead atoms. The maximum Gasteiger partial charge on any atom is 0.258 e. The van der Waals surface area contributed by atoms with E-state index in [4.69, 9.17) is 16.3 Å². The van der Waals surface area contributed by atoms with Gasteiger partial charge < -0.3 is 14.5 Å². The molecule has 1 fully saturated rings. The van der Waals surface area contributed by atoms with E-state index >= 15 is 0 Å². The van der Waals surface area contributed by atoms with Gasteiger partial charge in [0.05, 0.1) is 22.6 Å². The summed E-state index contributed by atoms with van der Waals surface area (Å²) in [6, 6.07) is 10.5. The molecule has 4 heterocycles. The van der Waals surface area contributed by atoms with Gasteiger partial charge in [0.2, 0.25) is 5.91 Å². The molecule has 8 nitrogen and oxygen atoms in total. The zero-order chi connectivity index (χ0) is 23.4. The van der Waals surface area contributed by atoms with Crippen LogP contribution in [0.5, 0.6) is 5.75 Å². The minimum absolute atomic E-state index is 0.0828. The predicted molar refractivity (Wildman–Crippen MR) is 127 cm³/mol. The minimum atomic E-state index is -0.209. The van der Waals surface area contributed by atoms with E-state index in [1.54, 1.807) is 48.6 Å². The van der Waals surface area contributed by atoms with Crippen molar-refractivity contribution in [3.8, 4) is 11.4 Å². The molecule has 0 spiro atoms. The molecule has 0 aromatic carbocycles. The first-order valence-corrected chi connectivity index (χ1v) is 11.2. The molecule has 1 saturated heterocycles. The zero-order valence-corrected chi connectivity index (χ0v) is 19.4. The second-order valence-corrected chi connectivity index (χ2v) is 8.64. The molecule has 1 amide bonds. The van der Waals surface area contributed by atoms with Crippen molar-refractivity contribution in [1.82, 2.24) is 19.4 Å². The van der Waals surface area contributed by atoms with Crippen molar-refractivity contribution >= 4 is 23.3 Å². The summed E-state index contributed by atoms with van der Waals surface area (Å²) in [5, 5.41) is 0.561. The summed E-state index contributed by atoms with van der Waals surface area (Å²) in [6.07, 6.45) is 5.95. The Labute approximate surface area is 197 Å². The van der Waals surface area contributed by atoms with Crippen molar-refractivity contribution in [3.05, 3.63) is 76.1 Å². The molecule has 9 heteroatoms. The lowest BCUT2D eigenvalue weighted by atomic mass is 10.1. The average molecular weight is 468 g/mol. The van der Waals surface area contributed by atoms with Crippen LogP contribution < -0.4 is 15.2 Å². The van der Waals surface area contributed by atoms with E-state index in [0.717, 1.165) is 37.6 Å². The monoisotopic (exact) mass is 467 g/mol. The van der Waals surface area contributed by atoms with Gasteiger partial charge in [-0.3, -0.25) is 19.1 Å². The fraction of sp³-hybridized carbons (Fsp3) is 0.333. The highest BCUT2D eigenvalue weighted by Crippen LogP contribution is 2.23. The maximum absolute atomic E-state index is 12.6. The van der Waals surface area contributed by atoms with Crippen LogP contribution in [0.3, 0.4) is 0 Å². The Morgan fingerprint density at radius 1 is 1.21 bits per heavy atom. The van der Waals surface area contributed by atoms with Gasteiger partial charge in [-0.05, 0) is 42.7 Å². The molecule has 1 aliphatic rings. The van der Waals surface area contributed by atoms with Gasteiger partial charge in [0.15, 0.2) is 0 Å². The Morgan fingerprint density at radius 2 is 2.06 bits per heavy atom. The van der Waals surface area contributed by atoms with E-state index in [2.05, 4.69) is 14.9 Å². The van der Waals surface area contributed by atoms with E-state index in [0.29, 0.717) is 22.4 Å². The Balaban J connectivity index is 1.38. The molecule has 0 radical (unpaired) electrons. The van der Waals surface area contributed by atoms with E-state index in [9.17, 15) is 9.59 Å². The minimum Gasteiger partial charge on any atom is -0.487 e. The third kappa shape index (κ3) is 5.70. The van der Waals surface area contributed by atoms with Crippen LogP contribution in [0.15, 0.2) is 59.8 Å². The number of hydrogen-bond donors (Lipinski definition) is 0. The first kappa shape index (κ1) is 22.8. The Kier molecular flexibility index (Phi) is 6.93. The summed E-state index contributed by atoms with van der Waals surface area (Å²) in [7, 11) is 1.83. The number of amides is 1. The number of carbonyl (C=O) groups excluding carboxylic acids is 1. The second-order valence-electron chi connectivity index (χ2n) is 8.20. The van der Waals surface area contributed by atoms with Crippen LogP contribution in [0, 0.1) is 5.92 Å². The highest BCUT2D eigenvalue weighted by atomic mass is 35.5. The summed E-state index contributed by atoms with van der Waals surface area (Å²) in [5.41, 5.74) is 1.20. The van der Waals surface area contributed by atoms with E-state index < -0.39 is 0 Å². The van der Waals surface area contributed by atoms with Crippen molar-refractivity contribution in [2.75, 3.05) is 31.6 Å². The van der Waals surface area contributed by atoms with Gasteiger partial charge in [-0.1, -0.05) is 11.6 Å². The summed E-state index contributed by atoms with van der Waals surface area (Å²) in [5.74, 6) is 1.85. The van der Waals surface area contributed by atoms with Gasteiger partial charge in [0.25, 0.3) is 5.56 Å². The van der Waals surface area contributed by atoms with Crippen LogP contribution in [-0.4, -0.2) is 52.0 Å². The smallest absolute Gasteiger partial charge is 0.258 e. The number of aromatic nitrogens is 3. The fourth-order valence-electron chi connectivity index (χ4n) is 3.83. The van der Waals surface area contributed by atoms with Crippen molar-refractivity contribution in [1.29, 1.82) is 0 Å². The lowest BCUT2D eigenvalue weighted by Crippen LogP contribution is -2.31. The van der Waals surface area contributed by atoms with E-state index in [1.807, 2.05) is 19.2 Å². The third-order valence-corrected chi connectivity index (χ3v) is 5.98. The SMILES string of the molecule is CC(=O)N(C)C[C@H]1CCN(c2ccc(-n3ccc(OCc4ccc(Cl)cn4)cc3=O)cn2)C1. The van der Waals surface area contributed by atoms with Gasteiger partial charge in [0, 0.05) is 52.1 Å². The Morgan fingerprint density at radius 3 is 2.73 bits per heavy atom. The summed E-state index contributed by atoms with van der Waals surface area (Å²) in [6.45, 7) is 4.35. The molecular weight excluding hydrogens is 442 g/mol. The molecule has 3 aromatic rings. The van der Waals surface area contributed by atoms with Gasteiger partial charge >= 0.3 is 0 Å². The van der Waals surface area contributed by atoms with Gasteiger partial charge in [-0.15, -0.1) is 0 Å². The van der Waals surface area contributed by atoms with Gasteiger partial charge in [0.1, 0.15) is 18.2 Å². The highest BCUT2D eigenvalue weighted by Gasteiger charge is 2.25. The second kappa shape index (κ2) is 10.0. The van der Waals surface area contributed by atoms with Gasteiger partial charge in [-0.25, -0.2) is 4.98 Å². The molecule has 0 N–H and O–H groups in total. The summed E-state index contributed by atoms with van der Waals surface area (Å²) < 4.78 is 7.20. The molecule has 33 heavy (non-hydrogen) atoms. The zero-order valence-electron chi connectivity index (χ0n) is 18.6. The first-order chi connectivity index (χ1) is 15.9. The molecule has 0 unspecified atom stereocenters. The molecule has 0 saturated carbocycles. The number of hydrogen-bond acceptors (Lipinski definition) is 6. The van der Waals surface area contributed by atoms with E-state index in [-0.39, 0.29) is 18.1 Å². The van der Waals surface area contributed by atoms with Gasteiger partial charge in [-0.2, -0.15) is 0 Å². The van der Waals surface area contributed by atoms with Crippen LogP contribution >= 0.6 is 11.6 Å². The molecule has 1 atom stereocenters. The van der Waals surface area contributed by atoms with Crippen molar-refractivity contribution in [2.45, 2.75) is 20.0 Å². The van der Waals surface area contributed by atoms with Crippen LogP contribution in [0.4, 0.5) is 5.82 Å². The number of pyridine rings is 3. The molecule has 0 aliphatic carbocycles. The Bertz CT molecular complexity index is 1160. The van der Waals surface area contributed by atoms with Crippen LogP contribution in [0.2, 0.25) is 5.02 Å². The lowest BCUT2D eigenvalue weighted by Gasteiger charge is -2.21. The number of anilines is 1. The number of ether oxygens (including phenoxy) is 1. The average Bonchev–Trinajstić information content (AvgIpc) is 3.27. The van der Waals surface area contributed by atoms with E-state index in [1.165, 1.54) is 10.6 Å². The van der Waals surface area contributed by atoms with Crippen molar-refractivity contribution < 1.29 is 9.53 Å². The first-order valence-electron chi connectivity index (χ1n) is 10.8. The number of rotatable bonds is 7. The van der Waals surface area contributed by atoms with Crippen molar-refractivity contribution in [2.24, 2.45) is 5.92 Å². The third-order valence-electron chi connectivity index (χ3n) is 5.76. The van der Waals surface area contributed by atoms with Crippen LogP contribution in [-0.2, 0) is 11.4 Å². The summed E-state index contributed by atoms with van der Waals surface area (Å²) in [4.78, 5) is 36.8. The topological polar surface area (TPSA) is 80.6 Å². The molecular formula is C24H26ClN5O3. The van der Waals surface area contributed by atoms with Crippen LogP contribution in [0.1, 0.15) is 19.0 Å². The standard InChI is InChI=1S/C24H26ClN5O3/c1-17(31)28(2)14-18-7-9-29(15-18)23-6-5-21(13-27-23)30-10-8-22(11-24(30)32)33-16-20-4-3-19(25)12-26-20/h3-6,8,10-13,18H,7,9,14-16H2,1-2H3/t18-/m1/s1. The highest BCUT2D eigenvalue weighted by molar-refractivity contribution is 6.30. The lowest BCUT2D eigenvalue weighted by molar-refractivity contribution is -0.128.